The Morgan fingerprint density at radius 2 is 1.95 bits per heavy atom. The maximum atomic E-state index is 12.0. The zero-order valence-corrected chi connectivity index (χ0v) is 11.2. The second-order valence-corrected chi connectivity index (χ2v) is 5.34. The fourth-order valence-corrected chi connectivity index (χ4v) is 2.49. The van der Waals surface area contributed by atoms with E-state index in [0.717, 1.165) is 25.7 Å². The summed E-state index contributed by atoms with van der Waals surface area (Å²) in [7, 11) is 1.70. The lowest BCUT2D eigenvalue weighted by Gasteiger charge is -2.28. The van der Waals surface area contributed by atoms with E-state index in [0.29, 0.717) is 17.9 Å². The van der Waals surface area contributed by atoms with Gasteiger partial charge in [-0.05, 0) is 37.1 Å². The van der Waals surface area contributed by atoms with Crippen LogP contribution in [0.3, 0.4) is 0 Å². The Labute approximate surface area is 113 Å². The monoisotopic (exact) mass is 263 g/mol. The van der Waals surface area contributed by atoms with Gasteiger partial charge in [0.1, 0.15) is 0 Å². The van der Waals surface area contributed by atoms with E-state index in [1.165, 1.54) is 4.90 Å². The molecule has 0 unspecified atom stereocenters. The van der Waals surface area contributed by atoms with E-state index in [2.05, 4.69) is 5.32 Å². The highest BCUT2D eigenvalue weighted by atomic mass is 16.3. The van der Waals surface area contributed by atoms with Crippen LogP contribution in [-0.4, -0.2) is 35.2 Å². The third kappa shape index (κ3) is 3.61. The zero-order valence-electron chi connectivity index (χ0n) is 11.2. The first-order chi connectivity index (χ1) is 8.98. The molecular weight excluding hydrogens is 242 g/mol. The number of nitrogens with two attached hydrogens (primary N) is 1. The number of hydrogen-bond donors (Lipinski definition) is 3. The maximum Gasteiger partial charge on any atom is 0.321 e. The number of likely N-dealkylation sites (N-methyl/N-ethyl adjacent to an activating group) is 1. The first-order valence-corrected chi connectivity index (χ1v) is 6.59. The van der Waals surface area contributed by atoms with Gasteiger partial charge in [-0.2, -0.15) is 0 Å². The molecule has 104 valence electrons. The Bertz CT molecular complexity index is 439. The summed E-state index contributed by atoms with van der Waals surface area (Å²) in [6.07, 6.45) is 3.60. The van der Waals surface area contributed by atoms with E-state index < -0.39 is 5.60 Å². The van der Waals surface area contributed by atoms with Crippen molar-refractivity contribution in [3.63, 3.8) is 0 Å². The number of rotatable bonds is 3. The van der Waals surface area contributed by atoms with Gasteiger partial charge in [-0.15, -0.1) is 0 Å². The SMILES string of the molecule is CN(CC1(O)CCCC1)C(=O)Nc1ccc(N)cc1. The molecule has 1 saturated carbocycles. The number of urea groups is 1. The second-order valence-electron chi connectivity index (χ2n) is 5.34. The van der Waals surface area contributed by atoms with Crippen molar-refractivity contribution >= 4 is 17.4 Å². The standard InChI is InChI=1S/C14H21N3O2/c1-17(10-14(19)8-2-3-9-14)13(18)16-12-6-4-11(15)5-7-12/h4-7,19H,2-3,8-10,15H2,1H3,(H,16,18). The largest absolute Gasteiger partial charge is 0.399 e. The van der Waals surface area contributed by atoms with Crippen LogP contribution in [0.1, 0.15) is 25.7 Å². The number of carbonyl (C=O) groups excluding carboxylic acids is 1. The molecule has 19 heavy (non-hydrogen) atoms. The van der Waals surface area contributed by atoms with Crippen LogP contribution >= 0.6 is 0 Å². The van der Waals surface area contributed by atoms with Crippen molar-refractivity contribution in [1.29, 1.82) is 0 Å². The smallest absolute Gasteiger partial charge is 0.321 e. The molecular formula is C14H21N3O2. The number of anilines is 2. The highest BCUT2D eigenvalue weighted by Crippen LogP contribution is 2.30. The van der Waals surface area contributed by atoms with Gasteiger partial charge in [0, 0.05) is 18.4 Å². The molecule has 1 aromatic carbocycles. The van der Waals surface area contributed by atoms with Gasteiger partial charge in [0.25, 0.3) is 0 Å². The average Bonchev–Trinajstić information content (AvgIpc) is 2.78. The summed E-state index contributed by atoms with van der Waals surface area (Å²) in [5.41, 5.74) is 6.23. The number of nitrogens with one attached hydrogen (secondary N) is 1. The van der Waals surface area contributed by atoms with Crippen LogP contribution in [0.4, 0.5) is 16.2 Å². The van der Waals surface area contributed by atoms with Crippen molar-refractivity contribution in [3.05, 3.63) is 24.3 Å². The predicted octanol–water partition coefficient (Wildman–Crippen LogP) is 2.04. The molecule has 4 N–H and O–H groups in total. The molecule has 0 bridgehead atoms. The van der Waals surface area contributed by atoms with Crippen LogP contribution in [0, 0.1) is 0 Å². The molecule has 1 aliphatic carbocycles. The summed E-state index contributed by atoms with van der Waals surface area (Å²) < 4.78 is 0. The molecule has 0 radical (unpaired) electrons. The summed E-state index contributed by atoms with van der Waals surface area (Å²) in [5.74, 6) is 0. The van der Waals surface area contributed by atoms with Crippen molar-refractivity contribution in [2.75, 3.05) is 24.6 Å². The second kappa shape index (κ2) is 5.48. The molecule has 0 spiro atoms. The number of hydrogen-bond acceptors (Lipinski definition) is 3. The quantitative estimate of drug-likeness (QED) is 0.730. The third-order valence-electron chi connectivity index (χ3n) is 3.57. The Morgan fingerprint density at radius 1 is 1.37 bits per heavy atom. The van der Waals surface area contributed by atoms with E-state index >= 15 is 0 Å². The summed E-state index contributed by atoms with van der Waals surface area (Å²) >= 11 is 0. The fraction of sp³-hybridized carbons (Fsp3) is 0.500. The first kappa shape index (κ1) is 13.7. The molecule has 0 atom stereocenters. The zero-order chi connectivity index (χ0) is 13.9. The van der Waals surface area contributed by atoms with Crippen molar-refractivity contribution in [2.24, 2.45) is 0 Å². The minimum atomic E-state index is -0.715. The Morgan fingerprint density at radius 3 is 2.53 bits per heavy atom. The van der Waals surface area contributed by atoms with Gasteiger partial charge in [0.15, 0.2) is 0 Å². The predicted molar refractivity (Wildman–Crippen MR) is 75.9 cm³/mol. The number of nitrogen functional groups attached to an aromatic ring is 1. The van der Waals surface area contributed by atoms with Crippen LogP contribution in [0.5, 0.6) is 0 Å². The van der Waals surface area contributed by atoms with E-state index in [1.807, 2.05) is 0 Å². The number of benzene rings is 1. The minimum absolute atomic E-state index is 0.218. The topological polar surface area (TPSA) is 78.6 Å². The molecule has 0 heterocycles. The fourth-order valence-electron chi connectivity index (χ4n) is 2.49. The summed E-state index contributed by atoms with van der Waals surface area (Å²) in [4.78, 5) is 13.5. The molecule has 0 saturated heterocycles. The lowest BCUT2D eigenvalue weighted by Crippen LogP contribution is -2.43. The first-order valence-electron chi connectivity index (χ1n) is 6.59. The Balaban J connectivity index is 1.90. The van der Waals surface area contributed by atoms with E-state index in [1.54, 1.807) is 31.3 Å². The van der Waals surface area contributed by atoms with Crippen LogP contribution in [-0.2, 0) is 0 Å². The summed E-state index contributed by atoms with van der Waals surface area (Å²) in [6.45, 7) is 0.369. The molecule has 0 aromatic heterocycles. The van der Waals surface area contributed by atoms with Crippen LogP contribution in [0.2, 0.25) is 0 Å². The maximum absolute atomic E-state index is 12.0. The molecule has 5 nitrogen and oxygen atoms in total. The third-order valence-corrected chi connectivity index (χ3v) is 3.57. The molecule has 2 rings (SSSR count). The van der Waals surface area contributed by atoms with Crippen LogP contribution < -0.4 is 11.1 Å². The van der Waals surface area contributed by atoms with Crippen molar-refractivity contribution < 1.29 is 9.90 Å². The van der Waals surface area contributed by atoms with Crippen molar-refractivity contribution in [1.82, 2.24) is 4.90 Å². The van der Waals surface area contributed by atoms with Gasteiger partial charge in [-0.1, -0.05) is 12.8 Å². The van der Waals surface area contributed by atoms with Gasteiger partial charge in [0.05, 0.1) is 12.1 Å². The summed E-state index contributed by atoms with van der Waals surface area (Å²) in [5, 5.41) is 13.1. The number of amides is 2. The molecule has 1 fully saturated rings. The average molecular weight is 263 g/mol. The lowest BCUT2D eigenvalue weighted by atomic mass is 10.0. The highest BCUT2D eigenvalue weighted by molar-refractivity contribution is 5.89. The van der Waals surface area contributed by atoms with Gasteiger partial charge >= 0.3 is 6.03 Å². The van der Waals surface area contributed by atoms with Crippen molar-refractivity contribution in [3.8, 4) is 0 Å². The number of carbonyl (C=O) groups is 1. The van der Waals surface area contributed by atoms with Crippen LogP contribution in [0.25, 0.3) is 0 Å². The molecule has 1 aliphatic rings. The molecule has 0 aliphatic heterocycles. The Hall–Kier alpha value is -1.75. The number of aliphatic hydroxyl groups is 1. The number of nitrogens with zero attached hydrogens (tertiary/aromatic N) is 1. The summed E-state index contributed by atoms with van der Waals surface area (Å²) in [6, 6.07) is 6.77. The van der Waals surface area contributed by atoms with Gasteiger partial charge in [-0.3, -0.25) is 0 Å². The van der Waals surface area contributed by atoms with Gasteiger partial charge < -0.3 is 21.1 Å². The normalized spacial score (nSPS) is 17.2. The Kier molecular flexibility index (Phi) is 3.95. The van der Waals surface area contributed by atoms with Gasteiger partial charge in [-0.25, -0.2) is 4.79 Å². The lowest BCUT2D eigenvalue weighted by molar-refractivity contribution is 0.0262. The highest BCUT2D eigenvalue weighted by Gasteiger charge is 2.33. The molecule has 1 aromatic rings. The molecule has 2 amide bonds. The van der Waals surface area contributed by atoms with E-state index in [4.69, 9.17) is 5.73 Å². The van der Waals surface area contributed by atoms with E-state index in [9.17, 15) is 9.90 Å². The van der Waals surface area contributed by atoms with E-state index in [-0.39, 0.29) is 6.03 Å². The minimum Gasteiger partial charge on any atom is -0.399 e. The molecule has 5 heteroatoms. The van der Waals surface area contributed by atoms with Gasteiger partial charge in [0.2, 0.25) is 0 Å². The van der Waals surface area contributed by atoms with Crippen molar-refractivity contribution in [2.45, 2.75) is 31.3 Å². The van der Waals surface area contributed by atoms with Crippen LogP contribution in [0.15, 0.2) is 24.3 Å².